The Balaban J connectivity index is 0.00000225. The second-order valence-electron chi connectivity index (χ2n) is 5.85. The third-order valence-electron chi connectivity index (χ3n) is 4.16. The second-order valence-corrected chi connectivity index (χ2v) is 5.85. The van der Waals surface area contributed by atoms with Crippen LogP contribution in [0.4, 0.5) is 10.1 Å². The number of amides is 1. The van der Waals surface area contributed by atoms with Crippen LogP contribution < -0.4 is 10.6 Å². The van der Waals surface area contributed by atoms with E-state index in [0.717, 1.165) is 25.2 Å². The molecular weight excluding hydrogens is 343 g/mol. The van der Waals surface area contributed by atoms with Crippen LogP contribution in [-0.2, 0) is 4.79 Å². The quantitative estimate of drug-likeness (QED) is 0.856. The van der Waals surface area contributed by atoms with E-state index in [1.165, 1.54) is 6.07 Å². The zero-order valence-corrected chi connectivity index (χ0v) is 14.6. The molecule has 1 saturated heterocycles. The molecule has 1 atom stereocenters. The van der Waals surface area contributed by atoms with Crippen LogP contribution in [0.1, 0.15) is 18.0 Å². The van der Waals surface area contributed by atoms with Gasteiger partial charge in [-0.2, -0.15) is 0 Å². The average Bonchev–Trinajstić information content (AvgIpc) is 2.61. The van der Waals surface area contributed by atoms with E-state index in [0.29, 0.717) is 18.7 Å². The standard InChI is InChI=1S/C18H21FN4O.ClH/c19-15-4-1-3-14(11-15)17-13-21-8-10-23(17)9-6-18(24)22-16-5-2-7-20-12-16;/h1-5,7,11-12,17,21H,6,8-10,13H2,(H,22,24);1H. The van der Waals surface area contributed by atoms with Gasteiger partial charge in [0.05, 0.1) is 11.9 Å². The SMILES string of the molecule is Cl.O=C(CCN1CCNCC1c1cccc(F)c1)Nc1cccnc1. The maximum atomic E-state index is 13.5. The topological polar surface area (TPSA) is 57.3 Å². The van der Waals surface area contributed by atoms with Crippen molar-refractivity contribution in [1.29, 1.82) is 0 Å². The normalized spacial score (nSPS) is 17.6. The van der Waals surface area contributed by atoms with Crippen LogP contribution in [0.2, 0.25) is 0 Å². The Bertz CT molecular complexity index is 686. The van der Waals surface area contributed by atoms with Gasteiger partial charge < -0.3 is 10.6 Å². The summed E-state index contributed by atoms with van der Waals surface area (Å²) in [4.78, 5) is 18.3. The maximum Gasteiger partial charge on any atom is 0.225 e. The van der Waals surface area contributed by atoms with Crippen LogP contribution in [0.25, 0.3) is 0 Å². The lowest BCUT2D eigenvalue weighted by atomic mass is 10.0. The van der Waals surface area contributed by atoms with Crippen molar-refractivity contribution < 1.29 is 9.18 Å². The van der Waals surface area contributed by atoms with E-state index in [-0.39, 0.29) is 30.2 Å². The summed E-state index contributed by atoms with van der Waals surface area (Å²) in [5.74, 6) is -0.271. The van der Waals surface area contributed by atoms with Crippen molar-refractivity contribution in [3.63, 3.8) is 0 Å². The highest BCUT2D eigenvalue weighted by Gasteiger charge is 2.24. The number of hydrogen-bond acceptors (Lipinski definition) is 4. The zero-order chi connectivity index (χ0) is 16.8. The number of piperazine rings is 1. The largest absolute Gasteiger partial charge is 0.325 e. The summed E-state index contributed by atoms with van der Waals surface area (Å²) < 4.78 is 13.5. The van der Waals surface area contributed by atoms with Gasteiger partial charge in [-0.25, -0.2) is 4.39 Å². The number of anilines is 1. The first-order chi connectivity index (χ1) is 11.7. The van der Waals surface area contributed by atoms with Gasteiger partial charge in [0.15, 0.2) is 0 Å². The summed E-state index contributed by atoms with van der Waals surface area (Å²) in [6.45, 7) is 3.10. The molecule has 3 rings (SSSR count). The van der Waals surface area contributed by atoms with Crippen molar-refractivity contribution in [3.8, 4) is 0 Å². The van der Waals surface area contributed by atoms with Crippen molar-refractivity contribution in [2.45, 2.75) is 12.5 Å². The highest BCUT2D eigenvalue weighted by Crippen LogP contribution is 2.23. The van der Waals surface area contributed by atoms with Gasteiger partial charge in [0.2, 0.25) is 5.91 Å². The lowest BCUT2D eigenvalue weighted by Crippen LogP contribution is -2.46. The monoisotopic (exact) mass is 364 g/mol. The fourth-order valence-electron chi connectivity index (χ4n) is 2.96. The number of nitrogens with one attached hydrogen (secondary N) is 2. The number of halogens is 2. The summed E-state index contributed by atoms with van der Waals surface area (Å²) in [6.07, 6.45) is 3.68. The molecule has 5 nitrogen and oxygen atoms in total. The first kappa shape index (κ1) is 19.3. The predicted octanol–water partition coefficient (Wildman–Crippen LogP) is 2.62. The maximum absolute atomic E-state index is 13.5. The fraction of sp³-hybridized carbons (Fsp3) is 0.333. The van der Waals surface area contributed by atoms with Gasteiger partial charge in [0.25, 0.3) is 0 Å². The molecule has 0 spiro atoms. The van der Waals surface area contributed by atoms with Gasteiger partial charge in [-0.3, -0.25) is 14.7 Å². The molecule has 25 heavy (non-hydrogen) atoms. The first-order valence-corrected chi connectivity index (χ1v) is 8.12. The lowest BCUT2D eigenvalue weighted by Gasteiger charge is -2.36. The van der Waals surface area contributed by atoms with E-state index < -0.39 is 0 Å². The van der Waals surface area contributed by atoms with Crippen molar-refractivity contribution >= 4 is 24.0 Å². The molecule has 1 unspecified atom stereocenters. The molecule has 1 fully saturated rings. The van der Waals surface area contributed by atoms with Gasteiger partial charge in [-0.05, 0) is 29.8 Å². The Kier molecular flexibility index (Phi) is 7.31. The van der Waals surface area contributed by atoms with Crippen LogP contribution in [0.3, 0.4) is 0 Å². The van der Waals surface area contributed by atoms with Crippen molar-refractivity contribution in [3.05, 3.63) is 60.2 Å². The molecule has 2 N–H and O–H groups in total. The highest BCUT2D eigenvalue weighted by molar-refractivity contribution is 5.90. The number of carbonyl (C=O) groups is 1. The molecule has 2 heterocycles. The Morgan fingerprint density at radius 2 is 2.24 bits per heavy atom. The molecule has 7 heteroatoms. The number of benzene rings is 1. The lowest BCUT2D eigenvalue weighted by molar-refractivity contribution is -0.116. The fourth-order valence-corrected chi connectivity index (χ4v) is 2.96. The second kappa shape index (κ2) is 9.46. The number of rotatable bonds is 5. The number of pyridine rings is 1. The zero-order valence-electron chi connectivity index (χ0n) is 13.8. The van der Waals surface area contributed by atoms with Gasteiger partial charge in [-0.15, -0.1) is 12.4 Å². The van der Waals surface area contributed by atoms with Crippen LogP contribution >= 0.6 is 12.4 Å². The molecule has 0 saturated carbocycles. The molecule has 0 aliphatic carbocycles. The van der Waals surface area contributed by atoms with Gasteiger partial charge in [-0.1, -0.05) is 12.1 Å². The molecule has 1 aromatic carbocycles. The summed E-state index contributed by atoms with van der Waals surface area (Å²) in [6, 6.07) is 10.4. The van der Waals surface area contributed by atoms with E-state index in [4.69, 9.17) is 0 Å². The molecule has 134 valence electrons. The molecule has 1 aromatic heterocycles. The van der Waals surface area contributed by atoms with E-state index >= 15 is 0 Å². The molecule has 0 bridgehead atoms. The highest BCUT2D eigenvalue weighted by atomic mass is 35.5. The van der Waals surface area contributed by atoms with Crippen LogP contribution in [0, 0.1) is 5.82 Å². The molecule has 1 aliphatic rings. The van der Waals surface area contributed by atoms with E-state index in [1.54, 1.807) is 30.6 Å². The Morgan fingerprint density at radius 3 is 3.00 bits per heavy atom. The molecule has 2 aromatic rings. The van der Waals surface area contributed by atoms with Crippen LogP contribution in [0.15, 0.2) is 48.8 Å². The van der Waals surface area contributed by atoms with E-state index in [9.17, 15) is 9.18 Å². The third kappa shape index (κ3) is 5.49. The smallest absolute Gasteiger partial charge is 0.225 e. The van der Waals surface area contributed by atoms with Crippen molar-refractivity contribution in [1.82, 2.24) is 15.2 Å². The molecular formula is C18H22ClFN4O. The van der Waals surface area contributed by atoms with Gasteiger partial charge in [0.1, 0.15) is 5.82 Å². The first-order valence-electron chi connectivity index (χ1n) is 8.12. The number of carbonyl (C=O) groups excluding carboxylic acids is 1. The molecule has 1 aliphatic heterocycles. The summed E-state index contributed by atoms with van der Waals surface area (Å²) in [5, 5.41) is 6.18. The predicted molar refractivity (Wildman–Crippen MR) is 98.3 cm³/mol. The number of hydrogen-bond donors (Lipinski definition) is 2. The van der Waals surface area contributed by atoms with Crippen LogP contribution in [-0.4, -0.2) is 42.0 Å². The Hall–Kier alpha value is -2.02. The minimum absolute atomic E-state index is 0. The minimum atomic E-state index is -0.229. The molecule has 0 radical (unpaired) electrons. The van der Waals surface area contributed by atoms with Gasteiger partial charge >= 0.3 is 0 Å². The van der Waals surface area contributed by atoms with Crippen molar-refractivity contribution in [2.24, 2.45) is 0 Å². The van der Waals surface area contributed by atoms with Gasteiger partial charge in [0, 0.05) is 44.8 Å². The third-order valence-corrected chi connectivity index (χ3v) is 4.16. The van der Waals surface area contributed by atoms with Crippen LogP contribution in [0.5, 0.6) is 0 Å². The minimum Gasteiger partial charge on any atom is -0.325 e. The number of nitrogens with zero attached hydrogens (tertiary/aromatic N) is 2. The summed E-state index contributed by atoms with van der Waals surface area (Å²) >= 11 is 0. The Morgan fingerprint density at radius 1 is 1.36 bits per heavy atom. The van der Waals surface area contributed by atoms with E-state index in [1.807, 2.05) is 12.1 Å². The van der Waals surface area contributed by atoms with E-state index in [2.05, 4.69) is 20.5 Å². The summed E-state index contributed by atoms with van der Waals surface area (Å²) in [5.41, 5.74) is 1.64. The molecule has 1 amide bonds. The summed E-state index contributed by atoms with van der Waals surface area (Å²) in [7, 11) is 0. The number of aromatic nitrogens is 1. The Labute approximate surface area is 153 Å². The van der Waals surface area contributed by atoms with Crippen molar-refractivity contribution in [2.75, 3.05) is 31.5 Å². The average molecular weight is 365 g/mol.